The average Bonchev–Trinajstić information content (AvgIpc) is 3.13. The monoisotopic (exact) mass is 402 g/mol. The summed E-state index contributed by atoms with van der Waals surface area (Å²) in [5.74, 6) is -3.30. The zero-order chi connectivity index (χ0) is 19.4. The number of benzene rings is 2. The van der Waals surface area contributed by atoms with Crippen LogP contribution in [0.2, 0.25) is 0 Å². The summed E-state index contributed by atoms with van der Waals surface area (Å²) in [5, 5.41) is 17.1. The van der Waals surface area contributed by atoms with Crippen molar-refractivity contribution in [3.05, 3.63) is 47.7 Å². The number of halogens is 5. The van der Waals surface area contributed by atoms with Gasteiger partial charge in [0.05, 0.1) is 17.1 Å². The van der Waals surface area contributed by atoms with Crippen LogP contribution in [-0.4, -0.2) is 26.7 Å². The fraction of sp³-hybridized carbons (Fsp3) is 0.235. The normalized spacial score (nSPS) is 18.7. The smallest absolute Gasteiger partial charge is 0.446 e. The lowest BCUT2D eigenvalue weighted by Crippen LogP contribution is -2.21. The van der Waals surface area contributed by atoms with Gasteiger partial charge in [-0.1, -0.05) is 6.07 Å². The highest BCUT2D eigenvalue weighted by molar-refractivity contribution is 8.00. The predicted octanol–water partition coefficient (Wildman–Crippen LogP) is 5.19. The highest BCUT2D eigenvalue weighted by Crippen LogP contribution is 2.52. The maximum Gasteiger partial charge on any atom is 0.446 e. The number of alkyl halides is 5. The molecule has 3 aromatic rings. The van der Waals surface area contributed by atoms with Crippen molar-refractivity contribution >= 4 is 22.7 Å². The summed E-state index contributed by atoms with van der Waals surface area (Å²) in [6.07, 6.45) is -1.75. The lowest BCUT2D eigenvalue weighted by Gasteiger charge is -2.17. The van der Waals surface area contributed by atoms with Crippen molar-refractivity contribution < 1.29 is 31.8 Å². The molecule has 1 atom stereocenters. The van der Waals surface area contributed by atoms with Gasteiger partial charge in [0.25, 0.3) is 5.92 Å². The molecule has 4 nitrogen and oxygen atoms in total. The molecule has 1 aliphatic rings. The Morgan fingerprint density at radius 2 is 1.96 bits per heavy atom. The molecule has 4 rings (SSSR count). The predicted molar refractivity (Wildman–Crippen MR) is 88.1 cm³/mol. The van der Waals surface area contributed by atoms with E-state index in [2.05, 4.69) is 10.2 Å². The maximum atomic E-state index is 14.1. The third-order valence-electron chi connectivity index (χ3n) is 4.25. The summed E-state index contributed by atoms with van der Waals surface area (Å²) in [6.45, 7) is 0. The van der Waals surface area contributed by atoms with Crippen LogP contribution in [0.3, 0.4) is 0 Å². The molecule has 0 spiro atoms. The van der Waals surface area contributed by atoms with Crippen LogP contribution in [0.15, 0.2) is 41.4 Å². The number of nitrogens with zero attached hydrogens (tertiary/aromatic N) is 1. The van der Waals surface area contributed by atoms with Gasteiger partial charge in [-0.2, -0.15) is 18.3 Å². The second kappa shape index (κ2) is 6.10. The number of aromatic amines is 1. The fourth-order valence-electron chi connectivity index (χ4n) is 3.11. The SMILES string of the molecule is OC1c2c(SC(F)(F)F)ccc(Oc3cccc4[nH]ncc34)c2CC1(F)F. The van der Waals surface area contributed by atoms with Crippen LogP contribution in [0.1, 0.15) is 17.2 Å². The molecule has 1 unspecified atom stereocenters. The van der Waals surface area contributed by atoms with E-state index in [-0.39, 0.29) is 11.3 Å². The number of aliphatic hydroxyl groups excluding tert-OH is 1. The van der Waals surface area contributed by atoms with Gasteiger partial charge in [-0.05, 0) is 36.0 Å². The molecule has 1 heterocycles. The van der Waals surface area contributed by atoms with Crippen molar-refractivity contribution in [3.8, 4) is 11.5 Å². The number of thioether (sulfide) groups is 1. The second-order valence-corrected chi connectivity index (χ2v) is 7.14. The third-order valence-corrected chi connectivity index (χ3v) is 5.06. The highest BCUT2D eigenvalue weighted by Gasteiger charge is 2.50. The molecule has 0 saturated carbocycles. The van der Waals surface area contributed by atoms with Crippen molar-refractivity contribution in [2.75, 3.05) is 0 Å². The number of H-pyrrole nitrogens is 1. The zero-order valence-electron chi connectivity index (χ0n) is 13.3. The minimum Gasteiger partial charge on any atom is -0.456 e. The van der Waals surface area contributed by atoms with Crippen LogP contribution >= 0.6 is 11.8 Å². The van der Waals surface area contributed by atoms with Gasteiger partial charge in [0.1, 0.15) is 17.6 Å². The van der Waals surface area contributed by atoms with Gasteiger partial charge in [-0.25, -0.2) is 8.78 Å². The van der Waals surface area contributed by atoms with E-state index in [4.69, 9.17) is 4.74 Å². The first-order chi connectivity index (χ1) is 12.7. The largest absolute Gasteiger partial charge is 0.456 e. The molecule has 2 aromatic carbocycles. The Labute approximate surface area is 153 Å². The number of aliphatic hydroxyl groups is 1. The minimum atomic E-state index is -4.67. The molecule has 1 aromatic heterocycles. The average molecular weight is 402 g/mol. The molecule has 1 aliphatic carbocycles. The zero-order valence-corrected chi connectivity index (χ0v) is 14.2. The van der Waals surface area contributed by atoms with Crippen LogP contribution in [0, 0.1) is 0 Å². The van der Waals surface area contributed by atoms with E-state index in [0.717, 1.165) is 6.07 Å². The first-order valence-electron chi connectivity index (χ1n) is 7.73. The van der Waals surface area contributed by atoms with Gasteiger partial charge in [-0.3, -0.25) is 5.10 Å². The second-order valence-electron chi connectivity index (χ2n) is 6.03. The summed E-state index contributed by atoms with van der Waals surface area (Å²) >= 11 is -0.534. The van der Waals surface area contributed by atoms with Crippen LogP contribution in [-0.2, 0) is 6.42 Å². The lowest BCUT2D eigenvalue weighted by molar-refractivity contribution is -0.0977. The number of aromatic nitrogens is 2. The van der Waals surface area contributed by atoms with Gasteiger partial charge < -0.3 is 9.84 Å². The Kier molecular flexibility index (Phi) is 4.08. The molecule has 0 bridgehead atoms. The van der Waals surface area contributed by atoms with E-state index in [1.165, 1.54) is 12.3 Å². The standard InChI is InChI=1S/C17H11F5N2O2S/c18-16(19)6-8-12(26-11-3-1-2-10-9(11)7-23-24-10)4-5-13(14(8)15(16)25)27-17(20,21)22/h1-5,7,15,25H,6H2,(H,23,24). The quantitative estimate of drug-likeness (QED) is 0.468. The minimum absolute atomic E-state index is 0.0264. The molecule has 10 heteroatoms. The van der Waals surface area contributed by atoms with E-state index in [0.29, 0.717) is 16.7 Å². The number of hydrogen-bond donors (Lipinski definition) is 2. The Morgan fingerprint density at radius 1 is 1.19 bits per heavy atom. The Morgan fingerprint density at radius 3 is 2.70 bits per heavy atom. The number of fused-ring (bicyclic) bond motifs is 2. The first kappa shape index (κ1) is 18.1. The number of hydrogen-bond acceptors (Lipinski definition) is 4. The van der Waals surface area contributed by atoms with E-state index in [1.807, 2.05) is 0 Å². The van der Waals surface area contributed by atoms with Crippen molar-refractivity contribution in [1.29, 1.82) is 0 Å². The molecule has 27 heavy (non-hydrogen) atoms. The van der Waals surface area contributed by atoms with Crippen LogP contribution < -0.4 is 4.74 Å². The van der Waals surface area contributed by atoms with E-state index in [1.54, 1.807) is 18.2 Å². The summed E-state index contributed by atoms with van der Waals surface area (Å²) in [6, 6.07) is 7.23. The van der Waals surface area contributed by atoms with Crippen LogP contribution in [0.4, 0.5) is 22.0 Å². The van der Waals surface area contributed by atoms with Gasteiger partial charge in [-0.15, -0.1) is 0 Å². The summed E-state index contributed by atoms with van der Waals surface area (Å²) in [4.78, 5) is -0.462. The Hall–Kier alpha value is -2.33. The van der Waals surface area contributed by atoms with Gasteiger partial charge in [0.15, 0.2) is 0 Å². The summed E-state index contributed by atoms with van der Waals surface area (Å²) < 4.78 is 72.1. The van der Waals surface area contributed by atoms with E-state index < -0.39 is 46.2 Å². The topological polar surface area (TPSA) is 58.1 Å². The fourth-order valence-corrected chi connectivity index (χ4v) is 3.84. The van der Waals surface area contributed by atoms with Crippen LogP contribution in [0.25, 0.3) is 10.9 Å². The molecule has 2 N–H and O–H groups in total. The Balaban J connectivity index is 1.80. The van der Waals surface area contributed by atoms with E-state index in [9.17, 15) is 27.1 Å². The van der Waals surface area contributed by atoms with E-state index >= 15 is 0 Å². The van der Waals surface area contributed by atoms with Crippen molar-refractivity contribution in [2.24, 2.45) is 0 Å². The first-order valence-corrected chi connectivity index (χ1v) is 8.55. The molecular formula is C17H11F5N2O2S. The Bertz CT molecular complexity index is 1020. The third kappa shape index (κ3) is 3.23. The summed E-state index contributed by atoms with van der Waals surface area (Å²) in [5.41, 5.74) is -4.60. The van der Waals surface area contributed by atoms with Gasteiger partial charge in [0.2, 0.25) is 0 Å². The van der Waals surface area contributed by atoms with Crippen LogP contribution in [0.5, 0.6) is 11.5 Å². The molecule has 0 radical (unpaired) electrons. The van der Waals surface area contributed by atoms with Crippen molar-refractivity contribution in [1.82, 2.24) is 10.2 Å². The molecule has 142 valence electrons. The molecule has 0 aliphatic heterocycles. The molecular weight excluding hydrogens is 391 g/mol. The molecule has 0 saturated heterocycles. The van der Waals surface area contributed by atoms with Gasteiger partial charge in [0, 0.05) is 22.4 Å². The van der Waals surface area contributed by atoms with Crippen molar-refractivity contribution in [3.63, 3.8) is 0 Å². The molecule has 0 amide bonds. The highest BCUT2D eigenvalue weighted by atomic mass is 32.2. The molecule has 0 fully saturated rings. The maximum absolute atomic E-state index is 14.1. The summed E-state index contributed by atoms with van der Waals surface area (Å²) in [7, 11) is 0. The lowest BCUT2D eigenvalue weighted by atomic mass is 10.1. The number of rotatable bonds is 3. The van der Waals surface area contributed by atoms with Crippen molar-refractivity contribution in [2.45, 2.75) is 28.9 Å². The number of nitrogens with one attached hydrogen (secondary N) is 1. The van der Waals surface area contributed by atoms with Gasteiger partial charge >= 0.3 is 5.51 Å². The number of ether oxygens (including phenoxy) is 1.